The second kappa shape index (κ2) is 30.5. The van der Waals surface area contributed by atoms with Gasteiger partial charge in [0.15, 0.2) is 11.6 Å². The van der Waals surface area contributed by atoms with Crippen molar-refractivity contribution < 1.29 is 53.4 Å². The summed E-state index contributed by atoms with van der Waals surface area (Å²) in [7, 11) is 5.63. The number of likely N-dealkylation sites (N-methyl/N-ethyl adjacent to an activating group) is 4. The maximum atomic E-state index is 15.0. The van der Waals surface area contributed by atoms with E-state index in [-0.39, 0.29) is 54.9 Å². The monoisotopic (exact) mass is 1090 g/mol. The van der Waals surface area contributed by atoms with Crippen LogP contribution in [-0.2, 0) is 49.6 Å². The van der Waals surface area contributed by atoms with Crippen molar-refractivity contribution in [1.29, 1.82) is 0 Å². The van der Waals surface area contributed by atoms with Crippen LogP contribution in [0.2, 0.25) is 0 Å². The SMILES string of the molecule is CC[C@H](C)[C@H]1C(=O)N[C@@H](Cc2ccc(-c3ccccc3)cc2)C(=O)C[C@H](C(=O)N2CCCCC2)CSCC(=O)N(C)[C@@H](CC(C)C)C(=O)C[C@@H]([C@@H](C)O)C(=O)N(C)CC(=O)N(C)[C@@H](CC(C)C)C(=O)N[C@@H](CO)C(=O)N1C. The molecule has 77 heavy (non-hydrogen) atoms. The summed E-state index contributed by atoms with van der Waals surface area (Å²) in [5, 5.41) is 27.2. The van der Waals surface area contributed by atoms with Gasteiger partial charge in [0.1, 0.15) is 18.1 Å². The Hall–Kier alpha value is -5.66. The lowest BCUT2D eigenvalue weighted by atomic mass is 9.89. The van der Waals surface area contributed by atoms with Crippen molar-refractivity contribution in [1.82, 2.24) is 35.1 Å². The number of aliphatic hydroxyl groups is 2. The number of nitrogens with zero attached hydrogens (tertiary/aromatic N) is 5. The van der Waals surface area contributed by atoms with Crippen LogP contribution < -0.4 is 10.6 Å². The van der Waals surface area contributed by atoms with Gasteiger partial charge in [-0.05, 0) is 79.9 Å². The Bertz CT molecular complexity index is 2330. The molecule has 2 fully saturated rings. The number of hydrogen-bond donors (Lipinski definition) is 4. The molecule has 0 aromatic heterocycles. The summed E-state index contributed by atoms with van der Waals surface area (Å²) < 4.78 is 0. The minimum absolute atomic E-state index is 0.0347. The molecule has 2 aromatic carbocycles. The van der Waals surface area contributed by atoms with Gasteiger partial charge in [-0.1, -0.05) is 103 Å². The van der Waals surface area contributed by atoms with Gasteiger partial charge in [0.2, 0.25) is 41.4 Å². The first-order valence-electron chi connectivity index (χ1n) is 27.4. The van der Waals surface area contributed by atoms with E-state index in [1.54, 1.807) is 11.8 Å². The Labute approximate surface area is 460 Å². The number of carbonyl (C=O) groups excluding carboxylic acids is 9. The van der Waals surface area contributed by atoms with Crippen LogP contribution in [0.15, 0.2) is 54.6 Å². The molecule has 0 aliphatic carbocycles. The molecule has 2 saturated heterocycles. The minimum Gasteiger partial charge on any atom is -0.394 e. The molecule has 0 radical (unpaired) electrons. The summed E-state index contributed by atoms with van der Waals surface area (Å²) in [5.74, 6) is -8.20. The number of rotatable bonds is 12. The van der Waals surface area contributed by atoms with Crippen LogP contribution in [0.3, 0.4) is 0 Å². The van der Waals surface area contributed by atoms with E-state index in [2.05, 4.69) is 10.6 Å². The van der Waals surface area contributed by atoms with Crippen molar-refractivity contribution >= 4 is 64.7 Å². The third-order valence-corrected chi connectivity index (χ3v) is 16.2. The van der Waals surface area contributed by atoms with Crippen LogP contribution in [0.1, 0.15) is 105 Å². The van der Waals surface area contributed by atoms with Gasteiger partial charge in [0.05, 0.1) is 48.9 Å². The Kier molecular flexibility index (Phi) is 25.3. The number of thioether (sulfide) groups is 1. The molecule has 0 saturated carbocycles. The smallest absolute Gasteiger partial charge is 0.247 e. The number of aliphatic hydroxyl groups excluding tert-OH is 2. The zero-order valence-electron chi connectivity index (χ0n) is 47.4. The maximum Gasteiger partial charge on any atom is 0.247 e. The summed E-state index contributed by atoms with van der Waals surface area (Å²) in [4.78, 5) is 136. The first-order valence-corrected chi connectivity index (χ1v) is 28.5. The summed E-state index contributed by atoms with van der Waals surface area (Å²) >= 11 is 1.16. The fourth-order valence-corrected chi connectivity index (χ4v) is 11.2. The molecule has 2 aliphatic rings. The summed E-state index contributed by atoms with van der Waals surface area (Å²) in [6.07, 6.45) is 1.28. The molecular formula is C58H87N7O11S. The van der Waals surface area contributed by atoms with Crippen LogP contribution in [-0.4, -0.2) is 190 Å². The highest BCUT2D eigenvalue weighted by Gasteiger charge is 2.41. The zero-order valence-corrected chi connectivity index (χ0v) is 48.2. The Balaban J connectivity index is 1.84. The Morgan fingerprint density at radius 1 is 0.675 bits per heavy atom. The van der Waals surface area contributed by atoms with E-state index >= 15 is 0 Å². The van der Waals surface area contributed by atoms with Gasteiger partial charge in [-0.3, -0.25) is 43.2 Å². The van der Waals surface area contributed by atoms with Gasteiger partial charge in [0, 0.05) is 59.9 Å². The van der Waals surface area contributed by atoms with Gasteiger partial charge in [-0.25, -0.2) is 0 Å². The van der Waals surface area contributed by atoms with Crippen molar-refractivity contribution in [3.8, 4) is 11.1 Å². The first-order chi connectivity index (χ1) is 36.4. The van der Waals surface area contributed by atoms with E-state index in [9.17, 15) is 53.4 Å². The average molecular weight is 1090 g/mol. The number of likely N-dealkylation sites (tertiary alicyclic amines) is 1. The molecular weight excluding hydrogens is 1000 g/mol. The normalized spacial score (nSPS) is 25.2. The lowest BCUT2D eigenvalue weighted by molar-refractivity contribution is -0.149. The van der Waals surface area contributed by atoms with Gasteiger partial charge in [0.25, 0.3) is 0 Å². The molecule has 18 nitrogen and oxygen atoms in total. The van der Waals surface area contributed by atoms with Crippen molar-refractivity contribution in [3.63, 3.8) is 0 Å². The van der Waals surface area contributed by atoms with Gasteiger partial charge in [-0.15, -0.1) is 0 Å². The van der Waals surface area contributed by atoms with E-state index < -0.39 is 121 Å². The zero-order chi connectivity index (χ0) is 57.3. The maximum absolute atomic E-state index is 15.0. The van der Waals surface area contributed by atoms with Gasteiger partial charge < -0.3 is 45.3 Å². The number of amides is 7. The first kappa shape index (κ1) is 63.9. The molecule has 426 valence electrons. The van der Waals surface area contributed by atoms with E-state index in [0.717, 1.165) is 56.9 Å². The van der Waals surface area contributed by atoms with Crippen molar-refractivity contribution in [3.05, 3.63) is 60.2 Å². The Morgan fingerprint density at radius 3 is 1.82 bits per heavy atom. The molecule has 4 rings (SSSR count). The van der Waals surface area contributed by atoms with Crippen LogP contribution in [0.25, 0.3) is 11.1 Å². The van der Waals surface area contributed by atoms with Gasteiger partial charge in [-0.2, -0.15) is 11.8 Å². The van der Waals surface area contributed by atoms with Crippen LogP contribution in [0, 0.1) is 29.6 Å². The molecule has 9 atom stereocenters. The van der Waals surface area contributed by atoms with E-state index in [1.807, 2.05) is 89.2 Å². The quantitative estimate of drug-likeness (QED) is 0.234. The number of nitrogens with one attached hydrogen (secondary N) is 2. The third-order valence-electron chi connectivity index (χ3n) is 15.1. The largest absolute Gasteiger partial charge is 0.394 e. The summed E-state index contributed by atoms with van der Waals surface area (Å²) in [6.45, 7) is 12.1. The average Bonchev–Trinajstić information content (AvgIpc) is 3.40. The van der Waals surface area contributed by atoms with Crippen molar-refractivity contribution in [2.24, 2.45) is 29.6 Å². The van der Waals surface area contributed by atoms with Crippen molar-refractivity contribution in [2.75, 3.05) is 65.9 Å². The summed E-state index contributed by atoms with van der Waals surface area (Å²) in [5.41, 5.74) is 2.64. The van der Waals surface area contributed by atoms with E-state index in [0.29, 0.717) is 25.1 Å². The predicted octanol–water partition coefficient (Wildman–Crippen LogP) is 4.23. The number of hydrogen-bond acceptors (Lipinski definition) is 12. The molecule has 2 aliphatic heterocycles. The molecule has 0 spiro atoms. The van der Waals surface area contributed by atoms with Gasteiger partial charge >= 0.3 is 0 Å². The molecule has 0 bridgehead atoms. The van der Waals surface area contributed by atoms with Crippen LogP contribution >= 0.6 is 11.8 Å². The lowest BCUT2D eigenvalue weighted by Gasteiger charge is -2.36. The van der Waals surface area contributed by atoms with E-state index in [4.69, 9.17) is 0 Å². The van der Waals surface area contributed by atoms with Crippen molar-refractivity contribution in [2.45, 2.75) is 143 Å². The molecule has 4 N–H and O–H groups in total. The Morgan fingerprint density at radius 2 is 1.25 bits per heavy atom. The third kappa shape index (κ3) is 18.2. The molecule has 2 aromatic rings. The number of carbonyl (C=O) groups is 9. The second-order valence-corrected chi connectivity index (χ2v) is 23.2. The molecule has 7 amide bonds. The standard InChI is InChI=1S/C58H87N7O11S/c1-12-38(6)53-55(73)59-45(29-40-21-23-42(24-22-40)41-19-15-13-16-20-41)49(68)30-43(56(74)65-25-17-14-18-26-65)34-77-35-52(71)62(9)47(27-36(2)3)50(69)31-44(39(7)67)57(75)61(8)32-51(70)63(10)48(28-37(4)5)54(72)60-46(33-66)58(76)64(53)11/h13,15-16,19-24,36-39,43-48,53,66-67H,12,14,17-18,25-35H2,1-11H3,(H,59,73)(H,60,72)/t38-,39+,43-,44-,45-,46-,47-,48-,53-/m0/s1. The number of benzene rings is 2. The highest BCUT2D eigenvalue weighted by Crippen LogP contribution is 2.26. The lowest BCUT2D eigenvalue weighted by Crippen LogP contribution is -2.60. The van der Waals surface area contributed by atoms with Crippen LogP contribution in [0.4, 0.5) is 0 Å². The topological polar surface area (TPSA) is 234 Å². The molecule has 2 heterocycles. The number of Topliss-reactive ketones (excluding diaryl/α,β-unsaturated/α-hetero) is 2. The second-order valence-electron chi connectivity index (χ2n) is 22.1. The van der Waals surface area contributed by atoms with E-state index in [1.165, 1.54) is 40.0 Å². The fraction of sp³-hybridized carbons (Fsp3) is 0.638. The van der Waals surface area contributed by atoms with Crippen LogP contribution in [0.5, 0.6) is 0 Å². The predicted molar refractivity (Wildman–Crippen MR) is 298 cm³/mol. The minimum atomic E-state index is -1.56. The molecule has 19 heteroatoms. The number of piperidine rings is 1. The fourth-order valence-electron chi connectivity index (χ4n) is 10.1. The highest BCUT2D eigenvalue weighted by molar-refractivity contribution is 7.99. The summed E-state index contributed by atoms with van der Waals surface area (Å²) in [6, 6.07) is 11.2. The number of ketones is 2. The highest BCUT2D eigenvalue weighted by atomic mass is 32.2. The molecule has 0 unspecified atom stereocenters.